The Bertz CT molecular complexity index is 491. The average molecular weight is 219 g/mol. The van der Waals surface area contributed by atoms with Crippen LogP contribution in [0.4, 0.5) is 5.13 Å². The van der Waals surface area contributed by atoms with Gasteiger partial charge in [0.25, 0.3) is 5.56 Å². The number of anilines is 1. The second-order valence-electron chi connectivity index (χ2n) is 2.37. The minimum atomic E-state index is -0.189. The molecule has 70 valence electrons. The molecule has 2 N–H and O–H groups in total. The number of aryl methyl sites for hydroxylation is 1. The van der Waals surface area contributed by atoms with Crippen LogP contribution in [-0.2, 0) is 0 Å². The van der Waals surface area contributed by atoms with Gasteiger partial charge in [-0.2, -0.15) is 4.52 Å². The highest BCUT2D eigenvalue weighted by molar-refractivity contribution is 7.20. The summed E-state index contributed by atoms with van der Waals surface area (Å²) in [6, 6.07) is 1.42. The van der Waals surface area contributed by atoms with E-state index in [-0.39, 0.29) is 18.0 Å². The second kappa shape index (κ2) is 3.31. The van der Waals surface area contributed by atoms with Gasteiger partial charge in [0.2, 0.25) is 10.1 Å². The molecule has 0 aliphatic rings. The van der Waals surface area contributed by atoms with Gasteiger partial charge in [0.15, 0.2) is 0 Å². The third-order valence-corrected chi connectivity index (χ3v) is 2.13. The summed E-state index contributed by atoms with van der Waals surface area (Å²) in [4.78, 5) is 15.9. The zero-order chi connectivity index (χ0) is 8.72. The van der Waals surface area contributed by atoms with Gasteiger partial charge in [-0.15, -0.1) is 17.5 Å². The second-order valence-corrected chi connectivity index (χ2v) is 3.36. The minimum Gasteiger partial charge on any atom is -0.374 e. The van der Waals surface area contributed by atoms with E-state index in [1.54, 1.807) is 6.92 Å². The lowest BCUT2D eigenvalue weighted by molar-refractivity contribution is 0.895. The van der Waals surface area contributed by atoms with Crippen molar-refractivity contribution in [3.63, 3.8) is 0 Å². The van der Waals surface area contributed by atoms with Crippen LogP contribution < -0.4 is 11.3 Å². The van der Waals surface area contributed by atoms with Crippen LogP contribution in [0.2, 0.25) is 0 Å². The first-order chi connectivity index (χ1) is 5.66. The molecule has 2 aromatic rings. The van der Waals surface area contributed by atoms with Crippen LogP contribution in [0.5, 0.6) is 0 Å². The van der Waals surface area contributed by atoms with Crippen LogP contribution in [0.25, 0.3) is 4.96 Å². The van der Waals surface area contributed by atoms with E-state index in [9.17, 15) is 4.79 Å². The SMILES string of the molecule is Cc1cc(=O)n2nc(N)sc2n1.Cl. The molecule has 2 rings (SSSR count). The number of aromatic nitrogens is 3. The molecular formula is C6H7ClN4OS. The normalized spacial score (nSPS) is 9.92. The fraction of sp³-hybridized carbons (Fsp3) is 0.167. The Labute approximate surface area is 83.6 Å². The number of halogens is 1. The molecule has 0 fully saturated rings. The average Bonchev–Trinajstić information content (AvgIpc) is 2.29. The Morgan fingerprint density at radius 3 is 3.00 bits per heavy atom. The summed E-state index contributed by atoms with van der Waals surface area (Å²) >= 11 is 1.20. The molecule has 2 aromatic heterocycles. The summed E-state index contributed by atoms with van der Waals surface area (Å²) in [6.45, 7) is 1.76. The summed E-state index contributed by atoms with van der Waals surface area (Å²) < 4.78 is 1.20. The van der Waals surface area contributed by atoms with E-state index >= 15 is 0 Å². The molecule has 0 aromatic carbocycles. The van der Waals surface area contributed by atoms with Crippen LogP contribution in [0.15, 0.2) is 10.9 Å². The van der Waals surface area contributed by atoms with Crippen molar-refractivity contribution >= 4 is 33.8 Å². The molecule has 0 saturated heterocycles. The quantitative estimate of drug-likeness (QED) is 0.698. The zero-order valence-electron chi connectivity index (χ0n) is 6.72. The highest BCUT2D eigenvalue weighted by Gasteiger charge is 2.03. The van der Waals surface area contributed by atoms with Crippen molar-refractivity contribution in [3.05, 3.63) is 22.1 Å². The van der Waals surface area contributed by atoms with Crippen LogP contribution in [0.3, 0.4) is 0 Å². The van der Waals surface area contributed by atoms with Crippen LogP contribution in [0, 0.1) is 6.92 Å². The molecule has 0 aliphatic heterocycles. The predicted molar refractivity (Wildman–Crippen MR) is 53.5 cm³/mol. The number of fused-ring (bicyclic) bond motifs is 1. The van der Waals surface area contributed by atoms with E-state index in [1.165, 1.54) is 21.9 Å². The lowest BCUT2D eigenvalue weighted by atomic mass is 10.5. The standard InChI is InChI=1S/C6H6N4OS.ClH/c1-3-2-4(11)10-6(8-3)12-5(7)9-10;/h2H,1H3,(H2,7,9);1H. The monoisotopic (exact) mass is 218 g/mol. The predicted octanol–water partition coefficient (Wildman–Crippen LogP) is 0.463. The number of nitrogens with zero attached hydrogens (tertiary/aromatic N) is 3. The molecule has 0 unspecified atom stereocenters. The minimum absolute atomic E-state index is 0. The van der Waals surface area contributed by atoms with Crippen LogP contribution in [0.1, 0.15) is 5.69 Å². The molecule has 0 atom stereocenters. The molecule has 0 saturated carbocycles. The summed E-state index contributed by atoms with van der Waals surface area (Å²) in [5.74, 6) is 0. The highest BCUT2D eigenvalue weighted by atomic mass is 35.5. The third kappa shape index (κ3) is 1.63. The van der Waals surface area contributed by atoms with Gasteiger partial charge in [-0.3, -0.25) is 4.79 Å². The van der Waals surface area contributed by atoms with Gasteiger partial charge in [0.1, 0.15) is 0 Å². The molecule has 0 spiro atoms. The Morgan fingerprint density at radius 2 is 2.31 bits per heavy atom. The van der Waals surface area contributed by atoms with Crippen molar-refractivity contribution in [2.45, 2.75) is 6.92 Å². The third-order valence-electron chi connectivity index (χ3n) is 1.39. The van der Waals surface area contributed by atoms with Crippen LogP contribution in [-0.4, -0.2) is 14.6 Å². The summed E-state index contributed by atoms with van der Waals surface area (Å²) in [7, 11) is 0. The fourth-order valence-corrected chi connectivity index (χ4v) is 1.65. The summed E-state index contributed by atoms with van der Waals surface area (Å²) in [5, 5.41) is 4.14. The number of hydrogen-bond donors (Lipinski definition) is 1. The molecule has 0 radical (unpaired) electrons. The Hall–Kier alpha value is -1.14. The number of nitrogens with two attached hydrogens (primary N) is 1. The highest BCUT2D eigenvalue weighted by Crippen LogP contribution is 2.11. The molecule has 0 aliphatic carbocycles. The van der Waals surface area contributed by atoms with Crippen molar-refractivity contribution in [3.8, 4) is 0 Å². The van der Waals surface area contributed by atoms with E-state index in [4.69, 9.17) is 5.73 Å². The van der Waals surface area contributed by atoms with Gasteiger partial charge < -0.3 is 5.73 Å². The van der Waals surface area contributed by atoms with Gasteiger partial charge in [0.05, 0.1) is 0 Å². The maximum Gasteiger partial charge on any atom is 0.275 e. The van der Waals surface area contributed by atoms with E-state index < -0.39 is 0 Å². The molecule has 7 heteroatoms. The molecule has 0 amide bonds. The van der Waals surface area contributed by atoms with Crippen molar-refractivity contribution in [1.29, 1.82) is 0 Å². The van der Waals surface area contributed by atoms with Crippen molar-refractivity contribution in [2.75, 3.05) is 5.73 Å². The topological polar surface area (TPSA) is 73.3 Å². The van der Waals surface area contributed by atoms with Gasteiger partial charge in [0, 0.05) is 11.8 Å². The van der Waals surface area contributed by atoms with Gasteiger partial charge in [-0.05, 0) is 6.92 Å². The summed E-state index contributed by atoms with van der Waals surface area (Å²) in [6.07, 6.45) is 0. The lowest BCUT2D eigenvalue weighted by Gasteiger charge is -1.89. The maximum atomic E-state index is 11.2. The van der Waals surface area contributed by atoms with E-state index in [2.05, 4.69) is 10.1 Å². The van der Waals surface area contributed by atoms with Crippen molar-refractivity contribution in [1.82, 2.24) is 14.6 Å². The van der Waals surface area contributed by atoms with Crippen molar-refractivity contribution in [2.24, 2.45) is 0 Å². The first-order valence-corrected chi connectivity index (χ1v) is 4.11. The van der Waals surface area contributed by atoms with E-state index in [0.717, 1.165) is 0 Å². The van der Waals surface area contributed by atoms with Gasteiger partial charge in [-0.1, -0.05) is 11.3 Å². The fourth-order valence-electron chi connectivity index (χ4n) is 0.935. The Morgan fingerprint density at radius 1 is 1.62 bits per heavy atom. The Balaban J connectivity index is 0.000000845. The van der Waals surface area contributed by atoms with Crippen molar-refractivity contribution < 1.29 is 0 Å². The Kier molecular flexibility index (Phi) is 2.53. The molecule has 0 bridgehead atoms. The van der Waals surface area contributed by atoms with Gasteiger partial charge >= 0.3 is 0 Å². The number of hydrogen-bond acceptors (Lipinski definition) is 5. The zero-order valence-corrected chi connectivity index (χ0v) is 8.35. The lowest BCUT2D eigenvalue weighted by Crippen LogP contribution is -2.14. The smallest absolute Gasteiger partial charge is 0.275 e. The number of nitrogen functional groups attached to an aromatic ring is 1. The molecule has 2 heterocycles. The maximum absolute atomic E-state index is 11.2. The van der Waals surface area contributed by atoms with E-state index in [1.807, 2.05) is 0 Å². The largest absolute Gasteiger partial charge is 0.374 e. The first kappa shape index (κ1) is 9.94. The molecular weight excluding hydrogens is 212 g/mol. The van der Waals surface area contributed by atoms with Crippen LogP contribution >= 0.6 is 23.7 Å². The summed E-state index contributed by atoms with van der Waals surface area (Å²) in [5.41, 5.74) is 5.91. The van der Waals surface area contributed by atoms with Gasteiger partial charge in [-0.25, -0.2) is 4.98 Å². The van der Waals surface area contributed by atoms with E-state index in [0.29, 0.717) is 15.8 Å². The molecule has 5 nitrogen and oxygen atoms in total. The molecule has 13 heavy (non-hydrogen) atoms. The number of rotatable bonds is 0. The first-order valence-electron chi connectivity index (χ1n) is 3.30.